The van der Waals surface area contributed by atoms with Gasteiger partial charge in [-0.3, -0.25) is 0 Å². The molecule has 0 aromatic heterocycles. The third kappa shape index (κ3) is 3.75. The Morgan fingerprint density at radius 3 is 3.15 bits per heavy atom. The van der Waals surface area contributed by atoms with E-state index in [0.717, 1.165) is 26.1 Å². The molecular weight excluding hydrogens is 164 g/mol. The topological polar surface area (TPSA) is 36.3 Å². The predicted octanol–water partition coefficient (Wildman–Crippen LogP) is 1.26. The molecule has 1 aliphatic heterocycles. The number of ether oxygens (including phenoxy) is 1. The minimum atomic E-state index is 0.686. The average Bonchev–Trinajstić information content (AvgIpc) is 2.54. The molecule has 0 aromatic rings. The summed E-state index contributed by atoms with van der Waals surface area (Å²) >= 11 is 0. The normalized spacial score (nSPS) is 23.2. The summed E-state index contributed by atoms with van der Waals surface area (Å²) < 4.78 is 5.12. The van der Waals surface area contributed by atoms with Crippen LogP contribution < -0.4 is 0 Å². The molecule has 0 aromatic carbocycles. The Balaban J connectivity index is 2.07. The first kappa shape index (κ1) is 10.5. The lowest BCUT2D eigenvalue weighted by Gasteiger charge is -2.14. The van der Waals surface area contributed by atoms with E-state index in [1.54, 1.807) is 7.11 Å². The summed E-state index contributed by atoms with van der Waals surface area (Å²) in [5.74, 6) is 0.715. The van der Waals surface area contributed by atoms with Crippen LogP contribution >= 0.6 is 0 Å². The van der Waals surface area contributed by atoms with E-state index in [4.69, 9.17) is 10.00 Å². The molecule has 74 valence electrons. The van der Waals surface area contributed by atoms with Crippen LogP contribution in [0, 0.1) is 17.2 Å². The lowest BCUT2D eigenvalue weighted by Crippen LogP contribution is -2.22. The van der Waals surface area contributed by atoms with Crippen LogP contribution in [-0.2, 0) is 4.74 Å². The van der Waals surface area contributed by atoms with E-state index < -0.39 is 0 Å². The van der Waals surface area contributed by atoms with Gasteiger partial charge in [-0.15, -0.1) is 0 Å². The predicted molar refractivity (Wildman–Crippen MR) is 51.3 cm³/mol. The summed E-state index contributed by atoms with van der Waals surface area (Å²) in [5.41, 5.74) is 0. The van der Waals surface area contributed by atoms with Crippen molar-refractivity contribution < 1.29 is 4.74 Å². The van der Waals surface area contributed by atoms with Gasteiger partial charge < -0.3 is 9.64 Å². The maximum atomic E-state index is 8.39. The van der Waals surface area contributed by atoms with Gasteiger partial charge in [0.25, 0.3) is 0 Å². The molecule has 1 rings (SSSR count). The third-order valence-electron chi connectivity index (χ3n) is 2.54. The number of hydrogen-bond donors (Lipinski definition) is 0. The smallest absolute Gasteiger partial charge is 0.0622 e. The van der Waals surface area contributed by atoms with E-state index in [1.165, 1.54) is 13.0 Å². The fourth-order valence-electron chi connectivity index (χ4n) is 1.87. The summed E-state index contributed by atoms with van der Waals surface area (Å²) in [6.45, 7) is 4.29. The molecule has 0 bridgehead atoms. The Morgan fingerprint density at radius 1 is 1.62 bits per heavy atom. The van der Waals surface area contributed by atoms with E-state index >= 15 is 0 Å². The zero-order valence-electron chi connectivity index (χ0n) is 8.33. The Kier molecular flexibility index (Phi) is 4.81. The molecule has 1 saturated heterocycles. The Bertz CT molecular complexity index is 176. The second-order valence-electron chi connectivity index (χ2n) is 3.67. The van der Waals surface area contributed by atoms with Crippen molar-refractivity contribution in [3.05, 3.63) is 0 Å². The maximum Gasteiger partial charge on any atom is 0.0622 e. The summed E-state index contributed by atoms with van der Waals surface area (Å²) in [6.07, 6.45) is 2.95. The molecule has 0 amide bonds. The van der Waals surface area contributed by atoms with Crippen molar-refractivity contribution in [2.45, 2.75) is 19.3 Å². The van der Waals surface area contributed by atoms with Crippen LogP contribution in [-0.4, -0.2) is 38.3 Å². The van der Waals surface area contributed by atoms with Crippen molar-refractivity contribution in [3.8, 4) is 6.07 Å². The highest BCUT2D eigenvalue weighted by Gasteiger charge is 2.21. The molecular formula is C10H18N2O. The van der Waals surface area contributed by atoms with Crippen molar-refractivity contribution in [1.29, 1.82) is 5.26 Å². The highest BCUT2D eigenvalue weighted by atomic mass is 16.5. The number of nitrogens with zero attached hydrogens (tertiary/aromatic N) is 2. The first-order chi connectivity index (χ1) is 6.36. The molecule has 0 aliphatic carbocycles. The van der Waals surface area contributed by atoms with Crippen molar-refractivity contribution in [2.24, 2.45) is 5.92 Å². The highest BCUT2D eigenvalue weighted by Crippen LogP contribution is 2.16. The molecule has 1 atom stereocenters. The summed E-state index contributed by atoms with van der Waals surface area (Å²) in [4.78, 5) is 2.43. The molecule has 0 spiro atoms. The highest BCUT2D eigenvalue weighted by molar-refractivity contribution is 4.77. The molecule has 1 heterocycles. The average molecular weight is 182 g/mol. The molecule has 0 radical (unpaired) electrons. The van der Waals surface area contributed by atoms with Crippen LogP contribution in [0.3, 0.4) is 0 Å². The van der Waals surface area contributed by atoms with Crippen molar-refractivity contribution >= 4 is 0 Å². The standard InChI is InChI=1S/C10H18N2O/c1-13-9-10-4-7-12(8-10)6-3-2-5-11/h10H,2-4,6-9H2,1H3. The van der Waals surface area contributed by atoms with E-state index in [0.29, 0.717) is 12.3 Å². The van der Waals surface area contributed by atoms with Crippen LogP contribution in [0.4, 0.5) is 0 Å². The molecule has 13 heavy (non-hydrogen) atoms. The zero-order valence-corrected chi connectivity index (χ0v) is 8.33. The van der Waals surface area contributed by atoms with E-state index in [-0.39, 0.29) is 0 Å². The Hall–Kier alpha value is -0.590. The molecule has 3 nitrogen and oxygen atoms in total. The number of unbranched alkanes of at least 4 members (excludes halogenated alkanes) is 1. The number of nitriles is 1. The molecule has 1 fully saturated rings. The first-order valence-electron chi connectivity index (χ1n) is 4.95. The van der Waals surface area contributed by atoms with Gasteiger partial charge in [-0.05, 0) is 31.8 Å². The van der Waals surface area contributed by atoms with E-state index in [9.17, 15) is 0 Å². The molecule has 1 aliphatic rings. The third-order valence-corrected chi connectivity index (χ3v) is 2.54. The lowest BCUT2D eigenvalue weighted by molar-refractivity contribution is 0.153. The molecule has 3 heteroatoms. The van der Waals surface area contributed by atoms with Crippen LogP contribution in [0.2, 0.25) is 0 Å². The zero-order chi connectivity index (χ0) is 9.52. The van der Waals surface area contributed by atoms with Gasteiger partial charge in [-0.1, -0.05) is 0 Å². The Morgan fingerprint density at radius 2 is 2.46 bits per heavy atom. The van der Waals surface area contributed by atoms with Crippen molar-refractivity contribution in [1.82, 2.24) is 4.90 Å². The fraction of sp³-hybridized carbons (Fsp3) is 0.900. The number of hydrogen-bond acceptors (Lipinski definition) is 3. The number of likely N-dealkylation sites (tertiary alicyclic amines) is 1. The maximum absolute atomic E-state index is 8.39. The van der Waals surface area contributed by atoms with E-state index in [1.807, 2.05) is 0 Å². The summed E-state index contributed by atoms with van der Waals surface area (Å²) in [7, 11) is 1.76. The number of methoxy groups -OCH3 is 1. The fourth-order valence-corrected chi connectivity index (χ4v) is 1.87. The lowest BCUT2D eigenvalue weighted by atomic mass is 10.1. The van der Waals surface area contributed by atoms with Gasteiger partial charge in [0.05, 0.1) is 12.7 Å². The number of rotatable bonds is 5. The SMILES string of the molecule is COCC1CCN(CCCC#N)C1. The summed E-state index contributed by atoms with van der Waals surface area (Å²) in [6, 6.07) is 2.18. The first-order valence-corrected chi connectivity index (χ1v) is 4.95. The van der Waals surface area contributed by atoms with Gasteiger partial charge >= 0.3 is 0 Å². The Labute approximate surface area is 80.3 Å². The van der Waals surface area contributed by atoms with Gasteiger partial charge in [-0.2, -0.15) is 5.26 Å². The molecule has 0 N–H and O–H groups in total. The molecule has 0 saturated carbocycles. The summed E-state index contributed by atoms with van der Waals surface area (Å²) in [5, 5.41) is 8.39. The molecule has 1 unspecified atom stereocenters. The second kappa shape index (κ2) is 5.95. The second-order valence-corrected chi connectivity index (χ2v) is 3.67. The van der Waals surface area contributed by atoms with Crippen LogP contribution in [0.25, 0.3) is 0 Å². The quantitative estimate of drug-likeness (QED) is 0.600. The minimum Gasteiger partial charge on any atom is -0.384 e. The van der Waals surface area contributed by atoms with Crippen LogP contribution in [0.1, 0.15) is 19.3 Å². The van der Waals surface area contributed by atoms with Gasteiger partial charge in [-0.25, -0.2) is 0 Å². The van der Waals surface area contributed by atoms with Crippen LogP contribution in [0.5, 0.6) is 0 Å². The van der Waals surface area contributed by atoms with Gasteiger partial charge in [0, 0.05) is 20.1 Å². The van der Waals surface area contributed by atoms with E-state index in [2.05, 4.69) is 11.0 Å². The van der Waals surface area contributed by atoms with Crippen molar-refractivity contribution in [3.63, 3.8) is 0 Å². The van der Waals surface area contributed by atoms with Gasteiger partial charge in [0.15, 0.2) is 0 Å². The largest absolute Gasteiger partial charge is 0.384 e. The van der Waals surface area contributed by atoms with Gasteiger partial charge in [0.1, 0.15) is 0 Å². The van der Waals surface area contributed by atoms with Gasteiger partial charge in [0.2, 0.25) is 0 Å². The van der Waals surface area contributed by atoms with Crippen LogP contribution in [0.15, 0.2) is 0 Å². The monoisotopic (exact) mass is 182 g/mol. The van der Waals surface area contributed by atoms with Crippen molar-refractivity contribution in [2.75, 3.05) is 33.4 Å². The minimum absolute atomic E-state index is 0.686.